The van der Waals surface area contributed by atoms with Gasteiger partial charge in [-0.2, -0.15) is 0 Å². The molecule has 2 heteroatoms. The summed E-state index contributed by atoms with van der Waals surface area (Å²) in [5.41, 5.74) is 14.7. The maximum atomic E-state index is 4.50. The van der Waals surface area contributed by atoms with Crippen molar-refractivity contribution in [1.82, 2.24) is 0 Å². The Bertz CT molecular complexity index is 2730. The van der Waals surface area contributed by atoms with Crippen LogP contribution < -0.4 is 9.80 Å². The van der Waals surface area contributed by atoms with Gasteiger partial charge < -0.3 is 9.80 Å². The van der Waals surface area contributed by atoms with Gasteiger partial charge in [-0.25, -0.2) is 0 Å². The third kappa shape index (κ3) is 10.9. The van der Waals surface area contributed by atoms with Crippen molar-refractivity contribution < 1.29 is 0 Å². The Balaban J connectivity index is 1.14. The highest BCUT2D eigenvalue weighted by atomic mass is 15.1. The molecule has 0 aliphatic rings. The number of hydrogen-bond donors (Lipinski definition) is 0. The van der Waals surface area contributed by atoms with Crippen LogP contribution in [-0.4, -0.2) is 0 Å². The van der Waals surface area contributed by atoms with Crippen LogP contribution in [0.5, 0.6) is 0 Å². The first-order valence-electron chi connectivity index (χ1n) is 20.7. The van der Waals surface area contributed by atoms with Crippen LogP contribution in [0.1, 0.15) is 11.1 Å². The predicted molar refractivity (Wildman–Crippen MR) is 270 cm³/mol. The van der Waals surface area contributed by atoms with E-state index in [4.69, 9.17) is 0 Å². The van der Waals surface area contributed by atoms with E-state index in [9.17, 15) is 0 Å². The number of para-hydroxylation sites is 1. The minimum absolute atomic E-state index is 0.836. The van der Waals surface area contributed by atoms with E-state index in [1.165, 1.54) is 16.7 Å². The number of allylic oxidation sites excluding steroid dienone is 12. The zero-order valence-electron chi connectivity index (χ0n) is 35.0. The average Bonchev–Trinajstić information content (AvgIpc) is 3.34. The van der Waals surface area contributed by atoms with Gasteiger partial charge in [0.25, 0.3) is 0 Å². The second kappa shape index (κ2) is 21.2. The molecule has 0 radical (unpaired) electrons. The van der Waals surface area contributed by atoms with Crippen molar-refractivity contribution in [3.05, 3.63) is 298 Å². The standard InChI is InChI=1S/C60H50N2/c1-5-7-9-13-20-49-30-38-58(39-31-49)62(60-44-36-54(37-45-60)52-24-16-11-17-25-52)59-42-32-50(33-43-59)47(3)28-29-48(4)55(21-8-6-2)46-61(56-26-18-12-19-27-56)57-40-34-53(35-41-57)51-22-14-10-15-23-51/h5-46H,1-4H2/b9-7-,20-13+,21-8-,29-28-,55-46-. The third-order valence-electron chi connectivity index (χ3n) is 10.4. The smallest absolute Gasteiger partial charge is 0.0462 e. The topological polar surface area (TPSA) is 6.48 Å². The van der Waals surface area contributed by atoms with Crippen molar-refractivity contribution in [2.75, 3.05) is 9.80 Å². The molecular formula is C60H50N2. The summed E-state index contributed by atoms with van der Waals surface area (Å²) in [5, 5.41) is 0. The van der Waals surface area contributed by atoms with E-state index in [1.54, 1.807) is 12.2 Å². The second-order valence-electron chi connectivity index (χ2n) is 14.5. The lowest BCUT2D eigenvalue weighted by atomic mass is 10.0. The van der Waals surface area contributed by atoms with Crippen LogP contribution >= 0.6 is 0 Å². The van der Waals surface area contributed by atoms with Crippen LogP contribution in [0.15, 0.2) is 286 Å². The summed E-state index contributed by atoms with van der Waals surface area (Å²) in [5.74, 6) is 0. The van der Waals surface area contributed by atoms with Crippen molar-refractivity contribution >= 4 is 40.1 Å². The zero-order chi connectivity index (χ0) is 42.9. The van der Waals surface area contributed by atoms with Crippen molar-refractivity contribution in [3.63, 3.8) is 0 Å². The Kier molecular flexibility index (Phi) is 14.3. The van der Waals surface area contributed by atoms with E-state index in [1.807, 2.05) is 60.7 Å². The SMILES string of the molecule is C=C/C=C\C=C\c1ccc(N(c2ccc(C(=C)/C=C\C(=C)C(/C=C\C=C)=C\N(c3ccccc3)c3ccc(-c4ccccc4)cc3)cc2)c2ccc(-c3ccccc3)cc2)cc1. The summed E-state index contributed by atoms with van der Waals surface area (Å²) >= 11 is 0. The molecule has 0 bridgehead atoms. The number of benzene rings is 7. The molecule has 0 fully saturated rings. The van der Waals surface area contributed by atoms with Gasteiger partial charge in [0.15, 0.2) is 0 Å². The van der Waals surface area contributed by atoms with E-state index in [0.717, 1.165) is 61.8 Å². The molecule has 7 rings (SSSR count). The van der Waals surface area contributed by atoms with Gasteiger partial charge in [0.2, 0.25) is 0 Å². The summed E-state index contributed by atoms with van der Waals surface area (Å²) in [4.78, 5) is 4.47. The van der Waals surface area contributed by atoms with Gasteiger partial charge in [-0.15, -0.1) is 0 Å². The van der Waals surface area contributed by atoms with Crippen LogP contribution in [0.2, 0.25) is 0 Å². The summed E-state index contributed by atoms with van der Waals surface area (Å²) in [6.45, 7) is 16.6. The summed E-state index contributed by atoms with van der Waals surface area (Å²) in [6, 6.07) is 65.8. The fourth-order valence-corrected chi connectivity index (χ4v) is 7.02. The van der Waals surface area contributed by atoms with Crippen molar-refractivity contribution in [1.29, 1.82) is 0 Å². The van der Waals surface area contributed by atoms with Gasteiger partial charge in [-0.1, -0.05) is 214 Å². The quantitative estimate of drug-likeness (QED) is 0.0847. The van der Waals surface area contributed by atoms with Gasteiger partial charge in [0.1, 0.15) is 0 Å². The lowest BCUT2D eigenvalue weighted by Crippen LogP contribution is -2.10. The van der Waals surface area contributed by atoms with Crippen molar-refractivity contribution in [2.45, 2.75) is 0 Å². The molecule has 0 amide bonds. The van der Waals surface area contributed by atoms with Crippen LogP contribution in [0, 0.1) is 0 Å². The molecule has 62 heavy (non-hydrogen) atoms. The van der Waals surface area contributed by atoms with Crippen molar-refractivity contribution in [2.24, 2.45) is 0 Å². The first-order chi connectivity index (χ1) is 30.5. The molecule has 0 spiro atoms. The Morgan fingerprint density at radius 1 is 0.387 bits per heavy atom. The molecular weight excluding hydrogens is 749 g/mol. The van der Waals surface area contributed by atoms with Crippen LogP contribution in [0.4, 0.5) is 28.4 Å². The van der Waals surface area contributed by atoms with Crippen LogP contribution in [-0.2, 0) is 0 Å². The van der Waals surface area contributed by atoms with E-state index < -0.39 is 0 Å². The molecule has 300 valence electrons. The fourth-order valence-electron chi connectivity index (χ4n) is 7.02. The fraction of sp³-hybridized carbons (Fsp3) is 0. The molecule has 7 aromatic rings. The highest BCUT2D eigenvalue weighted by molar-refractivity contribution is 5.81. The van der Waals surface area contributed by atoms with Crippen molar-refractivity contribution in [3.8, 4) is 22.3 Å². The molecule has 0 aliphatic heterocycles. The number of anilines is 5. The lowest BCUT2D eigenvalue weighted by molar-refractivity contribution is 1.26. The third-order valence-corrected chi connectivity index (χ3v) is 10.4. The molecule has 0 atom stereocenters. The highest BCUT2D eigenvalue weighted by Crippen LogP contribution is 2.37. The Hall–Kier alpha value is -8.20. The summed E-state index contributed by atoms with van der Waals surface area (Å²) < 4.78 is 0. The minimum Gasteiger partial charge on any atom is -0.317 e. The molecule has 0 N–H and O–H groups in total. The first kappa shape index (κ1) is 41.9. The molecule has 0 aliphatic carbocycles. The molecule has 0 heterocycles. The number of rotatable bonds is 17. The van der Waals surface area contributed by atoms with E-state index >= 15 is 0 Å². The molecule has 0 unspecified atom stereocenters. The minimum atomic E-state index is 0.836. The molecule has 2 nitrogen and oxygen atoms in total. The van der Waals surface area contributed by atoms with E-state index in [2.05, 4.69) is 218 Å². The zero-order valence-corrected chi connectivity index (χ0v) is 35.0. The molecule has 0 aromatic heterocycles. The van der Waals surface area contributed by atoms with Gasteiger partial charge in [0.05, 0.1) is 0 Å². The maximum absolute atomic E-state index is 4.50. The second-order valence-corrected chi connectivity index (χ2v) is 14.5. The van der Waals surface area contributed by atoms with Gasteiger partial charge in [-0.3, -0.25) is 0 Å². The highest BCUT2D eigenvalue weighted by Gasteiger charge is 2.14. The Morgan fingerprint density at radius 2 is 0.839 bits per heavy atom. The Labute approximate surface area is 368 Å². The maximum Gasteiger partial charge on any atom is 0.0462 e. The van der Waals surface area contributed by atoms with Crippen LogP contribution in [0.3, 0.4) is 0 Å². The summed E-state index contributed by atoms with van der Waals surface area (Å²) in [6.07, 6.45) is 21.7. The largest absolute Gasteiger partial charge is 0.317 e. The number of hydrogen-bond acceptors (Lipinski definition) is 2. The molecule has 0 saturated carbocycles. The Morgan fingerprint density at radius 3 is 1.37 bits per heavy atom. The molecule has 7 aromatic carbocycles. The van der Waals surface area contributed by atoms with E-state index in [0.29, 0.717) is 0 Å². The average molecular weight is 799 g/mol. The predicted octanol–water partition coefficient (Wildman–Crippen LogP) is 16.8. The van der Waals surface area contributed by atoms with Gasteiger partial charge in [0, 0.05) is 34.6 Å². The normalized spacial score (nSPS) is 11.6. The molecule has 0 saturated heterocycles. The number of nitrogens with zero attached hydrogens (tertiary/aromatic N) is 2. The van der Waals surface area contributed by atoms with Gasteiger partial charge in [-0.05, 0) is 111 Å². The lowest BCUT2D eigenvalue weighted by Gasteiger charge is -2.26. The monoisotopic (exact) mass is 798 g/mol. The first-order valence-corrected chi connectivity index (χ1v) is 20.7. The summed E-state index contributed by atoms with van der Waals surface area (Å²) in [7, 11) is 0. The van der Waals surface area contributed by atoms with Gasteiger partial charge >= 0.3 is 0 Å². The van der Waals surface area contributed by atoms with Crippen LogP contribution in [0.25, 0.3) is 33.9 Å². The van der Waals surface area contributed by atoms with E-state index in [-0.39, 0.29) is 0 Å².